The van der Waals surface area contributed by atoms with E-state index in [-0.39, 0.29) is 11.4 Å². The van der Waals surface area contributed by atoms with Crippen LogP contribution in [0.25, 0.3) is 6.08 Å². The van der Waals surface area contributed by atoms with Gasteiger partial charge < -0.3 is 5.32 Å². The van der Waals surface area contributed by atoms with Crippen LogP contribution in [0.5, 0.6) is 0 Å². The molecule has 2 aromatic carbocycles. The van der Waals surface area contributed by atoms with Gasteiger partial charge in [-0.05, 0) is 42.8 Å². The highest BCUT2D eigenvalue weighted by Crippen LogP contribution is 2.20. The number of allylic oxidation sites excluding steroid dienone is 2. The maximum Gasteiger partial charge on any atom is 0.454 e. The second-order valence-electron chi connectivity index (χ2n) is 5.63. The standard InChI is InChI=1S/C19H15F3N2O3/c1-13-2-7-15(8-3-13)23-16(12-18(25)19(20,21)22)9-4-14-5-10-17(11-6-14)24(26)27/h2-12,23H,1H3/b9-4+,16-12+. The van der Waals surface area contributed by atoms with Crippen molar-refractivity contribution in [2.75, 3.05) is 5.32 Å². The van der Waals surface area contributed by atoms with E-state index in [0.717, 1.165) is 5.56 Å². The van der Waals surface area contributed by atoms with E-state index in [1.165, 1.54) is 36.4 Å². The van der Waals surface area contributed by atoms with E-state index in [0.29, 0.717) is 17.3 Å². The minimum Gasteiger partial charge on any atom is -0.355 e. The van der Waals surface area contributed by atoms with Crippen LogP contribution in [-0.2, 0) is 4.79 Å². The Kier molecular flexibility index (Phi) is 6.12. The number of alkyl halides is 3. The van der Waals surface area contributed by atoms with E-state index >= 15 is 0 Å². The zero-order valence-electron chi connectivity index (χ0n) is 14.2. The van der Waals surface area contributed by atoms with Gasteiger partial charge in [0.05, 0.1) is 4.92 Å². The maximum absolute atomic E-state index is 12.6. The van der Waals surface area contributed by atoms with Gasteiger partial charge in [-0.3, -0.25) is 14.9 Å². The van der Waals surface area contributed by atoms with Gasteiger partial charge in [-0.25, -0.2) is 0 Å². The highest BCUT2D eigenvalue weighted by molar-refractivity contribution is 5.96. The number of carbonyl (C=O) groups excluding carboxylic acids is 1. The molecule has 2 rings (SSSR count). The lowest BCUT2D eigenvalue weighted by molar-refractivity contribution is -0.384. The lowest BCUT2D eigenvalue weighted by atomic mass is 10.1. The number of hydrogen-bond donors (Lipinski definition) is 1. The van der Waals surface area contributed by atoms with Crippen LogP contribution in [0.2, 0.25) is 0 Å². The van der Waals surface area contributed by atoms with E-state index < -0.39 is 16.9 Å². The monoisotopic (exact) mass is 376 g/mol. The molecule has 8 heteroatoms. The van der Waals surface area contributed by atoms with Crippen molar-refractivity contribution in [2.45, 2.75) is 13.1 Å². The van der Waals surface area contributed by atoms with Crippen molar-refractivity contribution in [3.05, 3.63) is 87.6 Å². The fraction of sp³-hybridized carbons (Fsp3) is 0.105. The molecular weight excluding hydrogens is 361 g/mol. The maximum atomic E-state index is 12.6. The van der Waals surface area contributed by atoms with Crippen LogP contribution in [0.1, 0.15) is 11.1 Å². The third kappa shape index (κ3) is 6.10. The van der Waals surface area contributed by atoms with Crippen LogP contribution < -0.4 is 5.32 Å². The van der Waals surface area contributed by atoms with Gasteiger partial charge >= 0.3 is 6.18 Å². The Bertz CT molecular complexity index is 884. The van der Waals surface area contributed by atoms with Gasteiger partial charge in [0.25, 0.3) is 11.5 Å². The number of nitro groups is 1. The Morgan fingerprint density at radius 3 is 2.19 bits per heavy atom. The van der Waals surface area contributed by atoms with Crippen LogP contribution >= 0.6 is 0 Å². The van der Waals surface area contributed by atoms with E-state index in [1.54, 1.807) is 24.3 Å². The zero-order chi connectivity index (χ0) is 20.0. The number of nitro benzene ring substituents is 1. The van der Waals surface area contributed by atoms with Gasteiger partial charge in [-0.2, -0.15) is 13.2 Å². The number of non-ortho nitro benzene ring substituents is 1. The summed E-state index contributed by atoms with van der Waals surface area (Å²) in [4.78, 5) is 21.4. The summed E-state index contributed by atoms with van der Waals surface area (Å²) in [6.45, 7) is 1.86. The molecule has 0 saturated carbocycles. The van der Waals surface area contributed by atoms with Crippen LogP contribution in [0, 0.1) is 17.0 Å². The first kappa shape index (κ1) is 19.9. The number of aryl methyl sites for hydroxylation is 1. The van der Waals surface area contributed by atoms with E-state index in [4.69, 9.17) is 0 Å². The van der Waals surface area contributed by atoms with E-state index in [2.05, 4.69) is 5.32 Å². The van der Waals surface area contributed by atoms with Crippen molar-refractivity contribution in [1.29, 1.82) is 0 Å². The zero-order valence-corrected chi connectivity index (χ0v) is 14.2. The first-order valence-electron chi connectivity index (χ1n) is 7.74. The molecule has 0 aliphatic carbocycles. The first-order chi connectivity index (χ1) is 12.6. The summed E-state index contributed by atoms with van der Waals surface area (Å²) < 4.78 is 37.7. The number of halogens is 3. The molecule has 5 nitrogen and oxygen atoms in total. The number of benzene rings is 2. The molecule has 140 valence electrons. The molecule has 0 unspecified atom stereocenters. The molecule has 0 aliphatic heterocycles. The SMILES string of the molecule is Cc1ccc(NC(/C=C/c2ccc([N+](=O)[O-])cc2)=C/C(=O)C(F)(F)F)cc1. The van der Waals surface area contributed by atoms with Crippen molar-refractivity contribution >= 4 is 23.2 Å². The predicted molar refractivity (Wildman–Crippen MR) is 96.1 cm³/mol. The first-order valence-corrected chi connectivity index (χ1v) is 7.74. The number of hydrogen-bond acceptors (Lipinski definition) is 4. The van der Waals surface area contributed by atoms with Crippen molar-refractivity contribution < 1.29 is 22.9 Å². The second kappa shape index (κ2) is 8.31. The number of rotatable bonds is 6. The lowest BCUT2D eigenvalue weighted by Crippen LogP contribution is -2.21. The fourth-order valence-electron chi connectivity index (χ4n) is 2.05. The highest BCUT2D eigenvalue weighted by atomic mass is 19.4. The Hall–Kier alpha value is -3.42. The van der Waals surface area contributed by atoms with Gasteiger partial charge in [0.2, 0.25) is 0 Å². The van der Waals surface area contributed by atoms with Crippen LogP contribution in [-0.4, -0.2) is 16.9 Å². The molecule has 0 radical (unpaired) electrons. The summed E-state index contributed by atoms with van der Waals surface area (Å²) in [6.07, 6.45) is -1.78. The molecule has 0 bridgehead atoms. The molecule has 0 heterocycles. The van der Waals surface area contributed by atoms with E-state index in [1.807, 2.05) is 6.92 Å². The number of anilines is 1. The van der Waals surface area contributed by atoms with Crippen LogP contribution in [0.4, 0.5) is 24.5 Å². The molecule has 0 amide bonds. The molecule has 2 aromatic rings. The predicted octanol–water partition coefficient (Wildman–Crippen LogP) is 5.04. The van der Waals surface area contributed by atoms with Gasteiger partial charge in [-0.15, -0.1) is 0 Å². The minimum absolute atomic E-state index is 0.0699. The fourth-order valence-corrected chi connectivity index (χ4v) is 2.05. The summed E-state index contributed by atoms with van der Waals surface area (Å²) in [5.41, 5.74) is 1.83. The number of nitrogens with zero attached hydrogens (tertiary/aromatic N) is 1. The molecular formula is C19H15F3N2O3. The number of ketones is 1. The van der Waals surface area contributed by atoms with Crippen LogP contribution in [0.15, 0.2) is 66.4 Å². The van der Waals surface area contributed by atoms with Crippen molar-refractivity contribution in [2.24, 2.45) is 0 Å². The Morgan fingerprint density at radius 2 is 1.67 bits per heavy atom. The Balaban J connectivity index is 2.28. The molecule has 0 saturated heterocycles. The average Bonchev–Trinajstić information content (AvgIpc) is 2.61. The van der Waals surface area contributed by atoms with Gasteiger partial charge in [0, 0.05) is 29.6 Å². The molecule has 27 heavy (non-hydrogen) atoms. The van der Waals surface area contributed by atoms with Gasteiger partial charge in [-0.1, -0.05) is 23.8 Å². The Morgan fingerprint density at radius 1 is 1.07 bits per heavy atom. The molecule has 0 atom stereocenters. The smallest absolute Gasteiger partial charge is 0.355 e. The minimum atomic E-state index is -4.98. The summed E-state index contributed by atoms with van der Waals surface area (Å²) in [6, 6.07) is 12.3. The van der Waals surface area contributed by atoms with Gasteiger partial charge in [0.1, 0.15) is 0 Å². The van der Waals surface area contributed by atoms with Crippen molar-refractivity contribution in [3.63, 3.8) is 0 Å². The van der Waals surface area contributed by atoms with Crippen molar-refractivity contribution in [3.8, 4) is 0 Å². The topological polar surface area (TPSA) is 72.2 Å². The molecule has 0 fully saturated rings. The van der Waals surface area contributed by atoms with E-state index in [9.17, 15) is 28.1 Å². The van der Waals surface area contributed by atoms with Crippen LogP contribution in [0.3, 0.4) is 0 Å². The highest BCUT2D eigenvalue weighted by Gasteiger charge is 2.36. The second-order valence-corrected chi connectivity index (χ2v) is 5.63. The molecule has 0 spiro atoms. The summed E-state index contributed by atoms with van der Waals surface area (Å²) in [5, 5.41) is 13.4. The third-order valence-corrected chi connectivity index (χ3v) is 3.47. The largest absolute Gasteiger partial charge is 0.454 e. The summed E-state index contributed by atoms with van der Waals surface area (Å²) >= 11 is 0. The number of carbonyl (C=O) groups is 1. The number of nitrogens with one attached hydrogen (secondary N) is 1. The average molecular weight is 376 g/mol. The molecule has 0 aliphatic rings. The normalized spacial score (nSPS) is 12.2. The van der Waals surface area contributed by atoms with Crippen molar-refractivity contribution in [1.82, 2.24) is 0 Å². The lowest BCUT2D eigenvalue weighted by Gasteiger charge is -2.09. The van der Waals surface area contributed by atoms with Gasteiger partial charge in [0.15, 0.2) is 0 Å². The molecule has 0 aromatic heterocycles. The summed E-state index contributed by atoms with van der Waals surface area (Å²) in [7, 11) is 0. The molecule has 1 N–H and O–H groups in total. The Labute approximate surface area is 153 Å². The third-order valence-electron chi connectivity index (χ3n) is 3.47. The summed E-state index contributed by atoms with van der Waals surface area (Å²) in [5.74, 6) is -1.99. The quantitative estimate of drug-likeness (QED) is 0.332.